The van der Waals surface area contributed by atoms with Gasteiger partial charge in [-0.25, -0.2) is 0 Å². The lowest BCUT2D eigenvalue weighted by molar-refractivity contribution is 0.0975. The molecular formula is C40H45N5O10. The van der Waals surface area contributed by atoms with Crippen LogP contribution in [-0.2, 0) is 17.8 Å². The van der Waals surface area contributed by atoms with Crippen molar-refractivity contribution in [1.82, 2.24) is 4.90 Å². The first kappa shape index (κ1) is 39.7. The molecule has 290 valence electrons. The van der Waals surface area contributed by atoms with Crippen molar-refractivity contribution in [1.29, 1.82) is 0 Å². The Labute approximate surface area is 318 Å². The van der Waals surface area contributed by atoms with Crippen molar-refractivity contribution in [2.24, 2.45) is 5.18 Å². The average Bonchev–Trinajstić information content (AvgIpc) is 3.18. The van der Waals surface area contributed by atoms with Gasteiger partial charge in [0.05, 0.1) is 47.3 Å². The zero-order chi connectivity index (χ0) is 40.0. The molecule has 4 aromatic carbocycles. The molecule has 7 N–H and O–H groups in total. The van der Waals surface area contributed by atoms with Gasteiger partial charge in [0, 0.05) is 62.7 Å². The molecular weight excluding hydrogens is 710 g/mol. The maximum Gasteiger partial charge on any atom is 0.200 e. The third-order valence-corrected chi connectivity index (χ3v) is 9.63. The summed E-state index contributed by atoms with van der Waals surface area (Å²) in [7, 11) is 3.27. The number of β-amino-alcohol motifs (C(OH)–C–C–N with tert-alkyl or cyclic N) is 1. The SMILES string of the molecule is C=C(OCc1ccc(N=O)cc1OC)N(C)CCNc1cc2c(c3c1C(=O)c1c(O)ccc(O)c1C3=O)NCCN2CCO.CCc1c(O)ccc(O)c1C. The van der Waals surface area contributed by atoms with E-state index in [1.807, 2.05) is 11.8 Å². The number of carbonyl (C=O) groups excluding carboxylic acids is 2. The fourth-order valence-corrected chi connectivity index (χ4v) is 6.62. The molecule has 0 fully saturated rings. The molecule has 0 unspecified atom stereocenters. The molecule has 55 heavy (non-hydrogen) atoms. The quantitative estimate of drug-likeness (QED) is 0.0449. The highest BCUT2D eigenvalue weighted by Crippen LogP contribution is 2.46. The van der Waals surface area contributed by atoms with E-state index in [0.717, 1.165) is 17.5 Å². The van der Waals surface area contributed by atoms with E-state index in [4.69, 9.17) is 9.47 Å². The number of aliphatic hydroxyl groups is 1. The van der Waals surface area contributed by atoms with Crippen molar-refractivity contribution in [2.75, 3.05) is 69.0 Å². The van der Waals surface area contributed by atoms with E-state index in [1.165, 1.54) is 37.4 Å². The molecule has 1 aliphatic heterocycles. The minimum Gasteiger partial charge on any atom is -0.508 e. The van der Waals surface area contributed by atoms with E-state index in [1.54, 1.807) is 37.1 Å². The Kier molecular flexibility index (Phi) is 12.4. The molecule has 0 atom stereocenters. The van der Waals surface area contributed by atoms with Gasteiger partial charge in [0.15, 0.2) is 5.88 Å². The summed E-state index contributed by atoms with van der Waals surface area (Å²) in [4.78, 5) is 42.2. The van der Waals surface area contributed by atoms with Crippen LogP contribution < -0.4 is 20.3 Å². The molecule has 0 saturated heterocycles. The molecule has 2 aliphatic rings. The van der Waals surface area contributed by atoms with Gasteiger partial charge in [-0.2, -0.15) is 0 Å². The molecule has 1 aliphatic carbocycles. The van der Waals surface area contributed by atoms with Crippen molar-refractivity contribution in [3.8, 4) is 28.7 Å². The highest BCUT2D eigenvalue weighted by molar-refractivity contribution is 6.34. The highest BCUT2D eigenvalue weighted by atomic mass is 16.5. The Hall–Kier alpha value is -6.48. The number of phenols is 4. The number of rotatable bonds is 13. The second kappa shape index (κ2) is 17.1. The van der Waals surface area contributed by atoms with E-state index in [2.05, 4.69) is 22.4 Å². The number of ether oxygens (including phenoxy) is 2. The monoisotopic (exact) mass is 755 g/mol. The summed E-state index contributed by atoms with van der Waals surface area (Å²) in [6.07, 6.45) is 0.742. The van der Waals surface area contributed by atoms with Crippen LogP contribution >= 0.6 is 0 Å². The van der Waals surface area contributed by atoms with Crippen LogP contribution in [0.2, 0.25) is 0 Å². The van der Waals surface area contributed by atoms with Crippen molar-refractivity contribution in [3.05, 3.63) is 105 Å². The van der Waals surface area contributed by atoms with Gasteiger partial charge in [-0.15, -0.1) is 4.91 Å². The Morgan fingerprint density at radius 2 is 1.62 bits per heavy atom. The van der Waals surface area contributed by atoms with Crippen LogP contribution in [-0.4, -0.2) is 95.5 Å². The molecule has 0 aromatic heterocycles. The van der Waals surface area contributed by atoms with Crippen LogP contribution in [0.5, 0.6) is 28.7 Å². The number of likely N-dealkylation sites (N-methyl/N-ethyl adjacent to an activating group) is 1. The fraction of sp³-hybridized carbons (Fsp3) is 0.300. The van der Waals surface area contributed by atoms with Gasteiger partial charge in [0.25, 0.3) is 0 Å². The molecule has 15 nitrogen and oxygen atoms in total. The Morgan fingerprint density at radius 1 is 0.964 bits per heavy atom. The number of nitrogens with one attached hydrogen (secondary N) is 2. The van der Waals surface area contributed by atoms with Crippen LogP contribution in [0.3, 0.4) is 0 Å². The number of aromatic hydroxyl groups is 4. The fourth-order valence-electron chi connectivity index (χ4n) is 6.62. The number of nitrogens with zero attached hydrogens (tertiary/aromatic N) is 3. The van der Waals surface area contributed by atoms with Crippen molar-refractivity contribution in [2.45, 2.75) is 26.9 Å². The first-order valence-electron chi connectivity index (χ1n) is 17.6. The lowest BCUT2D eigenvalue weighted by Gasteiger charge is -2.35. The minimum atomic E-state index is -0.597. The highest BCUT2D eigenvalue weighted by Gasteiger charge is 2.40. The maximum atomic E-state index is 13.8. The van der Waals surface area contributed by atoms with E-state index >= 15 is 0 Å². The summed E-state index contributed by atoms with van der Waals surface area (Å²) in [6, 6.07) is 11.9. The topological polar surface area (TPSA) is 214 Å². The average molecular weight is 756 g/mol. The normalized spacial score (nSPS) is 12.6. The number of nitroso groups, excluding NO2 is 1. The predicted molar refractivity (Wildman–Crippen MR) is 208 cm³/mol. The molecule has 4 aromatic rings. The number of hydrogen-bond donors (Lipinski definition) is 7. The Morgan fingerprint density at radius 3 is 2.24 bits per heavy atom. The second-order valence-electron chi connectivity index (χ2n) is 12.9. The molecule has 0 radical (unpaired) electrons. The van der Waals surface area contributed by atoms with Gasteiger partial charge in [0.2, 0.25) is 11.6 Å². The molecule has 0 bridgehead atoms. The standard InChI is InChI=1S/C31H33N5O8.C9H12O2/c1-17(44-16-18-4-5-19(34-42)14-24(18)43-3)35(2)10-8-32-20-15-21-29(33-9-11-36(21)12-13-37)28-25(20)30(40)26-22(38)6-7-23(39)27(26)31(28)41;1-3-7-6(2)8(10)4-5-9(7)11/h4-7,14-15,32-33,37-39H,1,8-13,16H2,2-3H3;4-5,10-11H,3H2,1-2H3. The lowest BCUT2D eigenvalue weighted by atomic mass is 9.80. The molecule has 1 heterocycles. The zero-order valence-electron chi connectivity index (χ0n) is 31.1. The number of ketones is 2. The second-order valence-corrected chi connectivity index (χ2v) is 12.9. The largest absolute Gasteiger partial charge is 0.508 e. The minimum absolute atomic E-state index is 0.0820. The van der Waals surface area contributed by atoms with E-state index in [0.29, 0.717) is 67.0 Å². The number of carbonyl (C=O) groups is 2. The Bertz CT molecular complexity index is 2140. The van der Waals surface area contributed by atoms with Gasteiger partial charge in [-0.3, -0.25) is 9.59 Å². The number of methoxy groups -OCH3 is 1. The summed E-state index contributed by atoms with van der Waals surface area (Å²) in [5.74, 6) is -0.650. The van der Waals surface area contributed by atoms with Crippen LogP contribution in [0, 0.1) is 11.8 Å². The van der Waals surface area contributed by atoms with E-state index in [9.17, 15) is 40.0 Å². The lowest BCUT2D eigenvalue weighted by Crippen LogP contribution is -2.38. The number of phenolic OH excluding ortho intramolecular Hbond substituents is 4. The molecule has 15 heteroatoms. The van der Waals surface area contributed by atoms with Gasteiger partial charge in [-0.05, 0) is 73.1 Å². The summed E-state index contributed by atoms with van der Waals surface area (Å²) in [5, 5.41) is 58.6. The van der Waals surface area contributed by atoms with Crippen LogP contribution in [0.1, 0.15) is 55.5 Å². The summed E-state index contributed by atoms with van der Waals surface area (Å²) >= 11 is 0. The number of benzene rings is 4. The molecule has 0 spiro atoms. The van der Waals surface area contributed by atoms with Crippen LogP contribution in [0.4, 0.5) is 22.7 Å². The third-order valence-electron chi connectivity index (χ3n) is 9.63. The number of anilines is 3. The van der Waals surface area contributed by atoms with Crippen molar-refractivity contribution >= 4 is 34.3 Å². The third kappa shape index (κ3) is 8.06. The molecule has 6 rings (SSSR count). The van der Waals surface area contributed by atoms with Gasteiger partial charge in [0.1, 0.15) is 41.0 Å². The Balaban J connectivity index is 0.000000454. The predicted octanol–water partition coefficient (Wildman–Crippen LogP) is 5.50. The first-order chi connectivity index (χ1) is 26.4. The van der Waals surface area contributed by atoms with Crippen LogP contribution in [0.25, 0.3) is 0 Å². The summed E-state index contributed by atoms with van der Waals surface area (Å²) in [5.41, 5.74) is 3.64. The van der Waals surface area contributed by atoms with Gasteiger partial charge < -0.3 is 55.4 Å². The molecule has 0 saturated carbocycles. The van der Waals surface area contributed by atoms with Crippen molar-refractivity contribution in [3.63, 3.8) is 0 Å². The van der Waals surface area contributed by atoms with Crippen LogP contribution in [0.15, 0.2) is 66.2 Å². The smallest absolute Gasteiger partial charge is 0.200 e. The first-order valence-corrected chi connectivity index (χ1v) is 17.6. The number of aliphatic hydroxyl groups excluding tert-OH is 1. The van der Waals surface area contributed by atoms with E-state index < -0.39 is 23.1 Å². The van der Waals surface area contributed by atoms with Gasteiger partial charge in [-0.1, -0.05) is 6.92 Å². The number of fused-ring (bicyclic) bond motifs is 4. The summed E-state index contributed by atoms with van der Waals surface area (Å²) < 4.78 is 11.2. The van der Waals surface area contributed by atoms with Crippen molar-refractivity contribution < 1.29 is 44.6 Å². The molecule has 0 amide bonds. The number of hydrogen-bond acceptors (Lipinski definition) is 15. The zero-order valence-corrected chi connectivity index (χ0v) is 31.1. The maximum absolute atomic E-state index is 13.8. The van der Waals surface area contributed by atoms with Gasteiger partial charge >= 0.3 is 0 Å². The summed E-state index contributed by atoms with van der Waals surface area (Å²) in [6.45, 7) is 9.81. The van der Waals surface area contributed by atoms with E-state index in [-0.39, 0.29) is 52.7 Å².